The standard InChI is InChI=1S/C11H11BrN2S/c1-7-6-14(11(15)13-7)10-5-3-4-9(12)8(10)2/h3-6H,1-2H3,(H,13,15). The number of nitrogens with one attached hydrogen (secondary N) is 1. The average Bonchev–Trinajstić information content (AvgIpc) is 2.50. The Morgan fingerprint density at radius 3 is 2.67 bits per heavy atom. The highest BCUT2D eigenvalue weighted by molar-refractivity contribution is 9.10. The molecule has 0 fully saturated rings. The Bertz CT molecular complexity index is 554. The molecule has 0 unspecified atom stereocenters. The molecule has 78 valence electrons. The van der Waals surface area contributed by atoms with Crippen LogP contribution in [0.3, 0.4) is 0 Å². The number of benzene rings is 1. The lowest BCUT2D eigenvalue weighted by Gasteiger charge is -2.07. The van der Waals surface area contributed by atoms with Crippen molar-refractivity contribution in [2.75, 3.05) is 0 Å². The Morgan fingerprint density at radius 1 is 1.33 bits per heavy atom. The minimum Gasteiger partial charge on any atom is -0.335 e. The third-order valence-electron chi connectivity index (χ3n) is 2.34. The van der Waals surface area contributed by atoms with Crippen molar-refractivity contribution in [3.05, 3.63) is 44.9 Å². The SMILES string of the molecule is Cc1cn(-c2cccc(Br)c2C)c(=S)[nH]1. The zero-order chi connectivity index (χ0) is 11.0. The van der Waals surface area contributed by atoms with Gasteiger partial charge < -0.3 is 4.98 Å². The van der Waals surface area contributed by atoms with E-state index in [-0.39, 0.29) is 0 Å². The van der Waals surface area contributed by atoms with Gasteiger partial charge in [0.25, 0.3) is 0 Å². The zero-order valence-corrected chi connectivity index (χ0v) is 10.9. The van der Waals surface area contributed by atoms with Crippen LogP contribution in [-0.4, -0.2) is 9.55 Å². The van der Waals surface area contributed by atoms with Crippen LogP contribution < -0.4 is 0 Å². The fraction of sp³-hybridized carbons (Fsp3) is 0.182. The van der Waals surface area contributed by atoms with Crippen molar-refractivity contribution in [3.63, 3.8) is 0 Å². The third-order valence-corrected chi connectivity index (χ3v) is 3.50. The van der Waals surface area contributed by atoms with Gasteiger partial charge in [-0.1, -0.05) is 22.0 Å². The van der Waals surface area contributed by atoms with Crippen LogP contribution in [0.2, 0.25) is 0 Å². The fourth-order valence-corrected chi connectivity index (χ4v) is 2.22. The van der Waals surface area contributed by atoms with Gasteiger partial charge in [0.1, 0.15) is 0 Å². The molecule has 4 heteroatoms. The minimum atomic E-state index is 0.730. The van der Waals surface area contributed by atoms with E-state index in [4.69, 9.17) is 12.2 Å². The summed E-state index contributed by atoms with van der Waals surface area (Å²) >= 11 is 8.77. The first-order valence-corrected chi connectivity index (χ1v) is 5.83. The summed E-state index contributed by atoms with van der Waals surface area (Å²) in [6.07, 6.45) is 2.01. The van der Waals surface area contributed by atoms with Gasteiger partial charge in [-0.25, -0.2) is 0 Å². The van der Waals surface area contributed by atoms with Gasteiger partial charge in [-0.2, -0.15) is 0 Å². The molecule has 0 amide bonds. The molecule has 0 spiro atoms. The van der Waals surface area contributed by atoms with E-state index in [0.29, 0.717) is 0 Å². The predicted molar refractivity (Wildman–Crippen MR) is 68.1 cm³/mol. The fourth-order valence-electron chi connectivity index (χ4n) is 1.55. The number of rotatable bonds is 1. The molecule has 2 rings (SSSR count). The van der Waals surface area contributed by atoms with Crippen molar-refractivity contribution < 1.29 is 0 Å². The van der Waals surface area contributed by atoms with E-state index in [0.717, 1.165) is 20.6 Å². The van der Waals surface area contributed by atoms with Gasteiger partial charge in [0, 0.05) is 16.4 Å². The summed E-state index contributed by atoms with van der Waals surface area (Å²) < 4.78 is 3.82. The number of H-pyrrole nitrogens is 1. The smallest absolute Gasteiger partial charge is 0.181 e. The number of nitrogens with zero attached hydrogens (tertiary/aromatic N) is 1. The molecule has 1 N–H and O–H groups in total. The van der Waals surface area contributed by atoms with Crippen LogP contribution in [0.15, 0.2) is 28.9 Å². The number of hydrogen-bond donors (Lipinski definition) is 1. The average molecular weight is 283 g/mol. The lowest BCUT2D eigenvalue weighted by molar-refractivity contribution is 1.01. The molecule has 0 radical (unpaired) electrons. The van der Waals surface area contributed by atoms with Gasteiger partial charge in [0.05, 0.1) is 5.69 Å². The normalized spacial score (nSPS) is 10.6. The van der Waals surface area contributed by atoms with E-state index in [1.54, 1.807) is 0 Å². The van der Waals surface area contributed by atoms with Gasteiger partial charge in [-0.3, -0.25) is 4.57 Å². The van der Waals surface area contributed by atoms with Crippen LogP contribution in [0.4, 0.5) is 0 Å². The van der Waals surface area contributed by atoms with Crippen LogP contribution >= 0.6 is 28.1 Å². The van der Waals surface area contributed by atoms with Crippen LogP contribution in [-0.2, 0) is 0 Å². The van der Waals surface area contributed by atoms with Crippen LogP contribution in [0.5, 0.6) is 0 Å². The van der Waals surface area contributed by atoms with Crippen LogP contribution in [0, 0.1) is 18.6 Å². The maximum absolute atomic E-state index is 5.25. The van der Waals surface area contributed by atoms with Gasteiger partial charge in [0.15, 0.2) is 4.77 Å². The summed E-state index contributed by atoms with van der Waals surface area (Å²) in [5.74, 6) is 0. The quantitative estimate of drug-likeness (QED) is 0.787. The maximum Gasteiger partial charge on any atom is 0.181 e. The van der Waals surface area contributed by atoms with Gasteiger partial charge in [0.2, 0.25) is 0 Å². The Kier molecular flexibility index (Phi) is 2.80. The first-order chi connectivity index (χ1) is 7.09. The summed E-state index contributed by atoms with van der Waals surface area (Å²) in [4.78, 5) is 3.12. The molecule has 1 heterocycles. The number of aromatic amines is 1. The zero-order valence-electron chi connectivity index (χ0n) is 8.54. The summed E-state index contributed by atoms with van der Waals surface area (Å²) in [5, 5.41) is 0. The van der Waals surface area contributed by atoms with Crippen molar-refractivity contribution in [3.8, 4) is 5.69 Å². The monoisotopic (exact) mass is 282 g/mol. The maximum atomic E-state index is 5.25. The molecule has 0 aliphatic rings. The van der Waals surface area contributed by atoms with Gasteiger partial charge in [-0.15, -0.1) is 0 Å². The van der Waals surface area contributed by atoms with Crippen molar-refractivity contribution >= 4 is 28.1 Å². The van der Waals surface area contributed by atoms with Crippen molar-refractivity contribution in [1.82, 2.24) is 9.55 Å². The summed E-state index contributed by atoms with van der Waals surface area (Å²) in [6.45, 7) is 4.07. The Morgan fingerprint density at radius 2 is 2.07 bits per heavy atom. The topological polar surface area (TPSA) is 20.7 Å². The molecule has 0 bridgehead atoms. The number of aryl methyl sites for hydroxylation is 1. The molecule has 0 saturated heterocycles. The molecule has 1 aromatic carbocycles. The second kappa shape index (κ2) is 3.94. The van der Waals surface area contributed by atoms with E-state index >= 15 is 0 Å². The van der Waals surface area contributed by atoms with Crippen molar-refractivity contribution in [2.24, 2.45) is 0 Å². The second-order valence-electron chi connectivity index (χ2n) is 3.50. The number of imidazole rings is 1. The predicted octanol–water partition coefficient (Wildman–Crippen LogP) is 3.91. The van der Waals surface area contributed by atoms with E-state index in [2.05, 4.69) is 33.9 Å². The highest BCUT2D eigenvalue weighted by atomic mass is 79.9. The van der Waals surface area contributed by atoms with E-state index < -0.39 is 0 Å². The molecule has 15 heavy (non-hydrogen) atoms. The Hall–Kier alpha value is -0.870. The van der Waals surface area contributed by atoms with Crippen molar-refractivity contribution in [2.45, 2.75) is 13.8 Å². The van der Waals surface area contributed by atoms with Crippen LogP contribution in [0.25, 0.3) is 5.69 Å². The molecular formula is C11H11BrN2S. The Balaban J connectivity index is 2.69. The highest BCUT2D eigenvalue weighted by Crippen LogP contribution is 2.23. The number of aromatic nitrogens is 2. The number of halogens is 1. The third kappa shape index (κ3) is 1.92. The van der Waals surface area contributed by atoms with E-state index in [1.807, 2.05) is 29.8 Å². The molecule has 0 saturated carbocycles. The molecule has 1 aromatic heterocycles. The first-order valence-electron chi connectivity index (χ1n) is 4.63. The molecule has 2 aromatic rings. The molecule has 2 nitrogen and oxygen atoms in total. The summed E-state index contributed by atoms with van der Waals surface area (Å²) in [7, 11) is 0. The largest absolute Gasteiger partial charge is 0.335 e. The molecular weight excluding hydrogens is 272 g/mol. The summed E-state index contributed by atoms with van der Waals surface area (Å²) in [6, 6.07) is 6.10. The van der Waals surface area contributed by atoms with Gasteiger partial charge >= 0.3 is 0 Å². The van der Waals surface area contributed by atoms with Crippen LogP contribution in [0.1, 0.15) is 11.3 Å². The van der Waals surface area contributed by atoms with Crippen molar-refractivity contribution in [1.29, 1.82) is 0 Å². The minimum absolute atomic E-state index is 0.730. The number of hydrogen-bond acceptors (Lipinski definition) is 1. The second-order valence-corrected chi connectivity index (χ2v) is 4.74. The molecule has 0 atom stereocenters. The van der Waals surface area contributed by atoms with E-state index in [9.17, 15) is 0 Å². The first kappa shape index (κ1) is 10.6. The lowest BCUT2D eigenvalue weighted by atomic mass is 10.2. The van der Waals surface area contributed by atoms with E-state index in [1.165, 1.54) is 5.56 Å². The Labute approximate surface area is 102 Å². The van der Waals surface area contributed by atoms with Gasteiger partial charge in [-0.05, 0) is 43.8 Å². The lowest BCUT2D eigenvalue weighted by Crippen LogP contribution is -1.95. The highest BCUT2D eigenvalue weighted by Gasteiger charge is 2.05. The molecule has 0 aliphatic heterocycles. The molecule has 0 aliphatic carbocycles. The summed E-state index contributed by atoms with van der Waals surface area (Å²) in [5.41, 5.74) is 3.37.